The Morgan fingerprint density at radius 3 is 2.21 bits per heavy atom. The van der Waals surface area contributed by atoms with Gasteiger partial charge in [0.05, 0.1) is 18.3 Å². The predicted molar refractivity (Wildman–Crippen MR) is 131 cm³/mol. The number of nitrogens with two attached hydrogens (primary N) is 1. The van der Waals surface area contributed by atoms with Gasteiger partial charge in [-0.1, -0.05) is 38.5 Å². The van der Waals surface area contributed by atoms with Crippen LogP contribution in [0.5, 0.6) is 0 Å². The lowest BCUT2D eigenvalue weighted by atomic mass is 9.95. The number of amides is 3. The number of nitrogens with zero attached hydrogens (tertiary/aromatic N) is 2. The fourth-order valence-corrected chi connectivity index (χ4v) is 5.97. The average molecular weight is 492 g/mol. The molecule has 0 spiro atoms. The van der Waals surface area contributed by atoms with Crippen molar-refractivity contribution in [2.45, 2.75) is 95.2 Å². The monoisotopic (exact) mass is 491 g/mol. The summed E-state index contributed by atoms with van der Waals surface area (Å²) in [4.78, 5) is 40.7. The Morgan fingerprint density at radius 2 is 1.59 bits per heavy atom. The molecule has 34 heavy (non-hydrogen) atoms. The van der Waals surface area contributed by atoms with E-state index in [1.807, 2.05) is 0 Å². The number of aromatic nitrogens is 1. The third kappa shape index (κ3) is 6.47. The first-order valence-electron chi connectivity index (χ1n) is 12.8. The van der Waals surface area contributed by atoms with Gasteiger partial charge in [0.15, 0.2) is 5.69 Å². The van der Waals surface area contributed by atoms with Crippen molar-refractivity contribution in [1.82, 2.24) is 19.9 Å². The minimum atomic E-state index is -0.374. The van der Waals surface area contributed by atoms with Gasteiger partial charge in [-0.15, -0.1) is 0 Å². The van der Waals surface area contributed by atoms with Crippen LogP contribution in [0.25, 0.3) is 0 Å². The van der Waals surface area contributed by atoms with Gasteiger partial charge in [0.1, 0.15) is 4.88 Å². The second-order valence-electron chi connectivity index (χ2n) is 9.81. The molecule has 2 aliphatic carbocycles. The third-order valence-electron chi connectivity index (χ3n) is 7.12. The van der Waals surface area contributed by atoms with Crippen molar-refractivity contribution in [2.24, 2.45) is 0 Å². The molecule has 3 fully saturated rings. The summed E-state index contributed by atoms with van der Waals surface area (Å²) < 4.78 is 9.94. The average Bonchev–Trinajstić information content (AvgIpc) is 3.49. The number of carbonyl (C=O) groups is 3. The van der Waals surface area contributed by atoms with Gasteiger partial charge in [0.25, 0.3) is 11.8 Å². The first-order chi connectivity index (χ1) is 16.5. The second kappa shape index (κ2) is 12.0. The van der Waals surface area contributed by atoms with Crippen molar-refractivity contribution < 1.29 is 19.1 Å². The second-order valence-corrected chi connectivity index (χ2v) is 10.6. The van der Waals surface area contributed by atoms with Crippen molar-refractivity contribution in [2.75, 3.05) is 25.4 Å². The van der Waals surface area contributed by atoms with Crippen molar-refractivity contribution in [3.05, 3.63) is 10.6 Å². The smallest absolute Gasteiger partial charge is 0.273 e. The standard InChI is InChI=1S/C24H37N5O4S/c25-20-21(23(31)27-17-10-5-2-6-11-17)28-34-22(20)24(32)29(14-18-12-7-13-33-18)15-19(30)26-16-8-3-1-4-9-16/h16-18H,1-15,25H2,(H,26,30)(H,27,31). The lowest BCUT2D eigenvalue weighted by Gasteiger charge is -2.27. The first-order valence-corrected chi connectivity index (χ1v) is 13.5. The number of anilines is 1. The van der Waals surface area contributed by atoms with Gasteiger partial charge in [-0.2, -0.15) is 4.37 Å². The molecule has 0 bridgehead atoms. The van der Waals surface area contributed by atoms with Crippen LogP contribution in [0, 0.1) is 0 Å². The van der Waals surface area contributed by atoms with Gasteiger partial charge in [-0.3, -0.25) is 14.4 Å². The van der Waals surface area contributed by atoms with Crippen LogP contribution >= 0.6 is 11.5 Å². The van der Waals surface area contributed by atoms with E-state index in [2.05, 4.69) is 15.0 Å². The van der Waals surface area contributed by atoms with Crippen LogP contribution in [0.3, 0.4) is 0 Å². The Bertz CT molecular complexity index is 858. The quantitative estimate of drug-likeness (QED) is 0.513. The fourth-order valence-electron chi connectivity index (χ4n) is 5.21. The minimum Gasteiger partial charge on any atom is -0.395 e. The van der Waals surface area contributed by atoms with E-state index in [0.29, 0.717) is 13.2 Å². The molecule has 2 saturated carbocycles. The summed E-state index contributed by atoms with van der Waals surface area (Å²) in [7, 11) is 0. The molecule has 3 amide bonds. The van der Waals surface area contributed by atoms with Gasteiger partial charge in [-0.25, -0.2) is 0 Å². The van der Waals surface area contributed by atoms with Gasteiger partial charge in [0, 0.05) is 25.2 Å². The molecule has 1 aromatic heterocycles. The summed E-state index contributed by atoms with van der Waals surface area (Å²) in [6.45, 7) is 0.920. The van der Waals surface area contributed by atoms with Crippen LogP contribution in [-0.2, 0) is 9.53 Å². The summed E-state index contributed by atoms with van der Waals surface area (Å²) in [6, 6.07) is 0.297. The van der Waals surface area contributed by atoms with Crippen LogP contribution in [0.1, 0.15) is 97.2 Å². The van der Waals surface area contributed by atoms with E-state index < -0.39 is 0 Å². The lowest BCUT2D eigenvalue weighted by Crippen LogP contribution is -2.46. The normalized spacial score (nSPS) is 21.8. The Kier molecular flexibility index (Phi) is 8.77. The molecule has 1 aromatic rings. The van der Waals surface area contributed by atoms with Crippen molar-refractivity contribution in [3.63, 3.8) is 0 Å². The number of hydrogen-bond acceptors (Lipinski definition) is 7. The number of ether oxygens (including phenoxy) is 1. The summed E-state index contributed by atoms with van der Waals surface area (Å²) >= 11 is 0.924. The van der Waals surface area contributed by atoms with Crippen LogP contribution in [0.4, 0.5) is 5.69 Å². The number of carbonyl (C=O) groups excluding carboxylic acids is 3. The highest BCUT2D eigenvalue weighted by Gasteiger charge is 2.31. The molecule has 2 heterocycles. The largest absolute Gasteiger partial charge is 0.395 e. The molecule has 4 rings (SSSR count). The molecule has 0 aromatic carbocycles. The van der Waals surface area contributed by atoms with Crippen LogP contribution in [0.15, 0.2) is 0 Å². The molecule has 1 atom stereocenters. The van der Waals surface area contributed by atoms with Gasteiger partial charge in [-0.05, 0) is 50.1 Å². The molecule has 10 heteroatoms. The molecule has 9 nitrogen and oxygen atoms in total. The molecule has 0 radical (unpaired) electrons. The zero-order valence-electron chi connectivity index (χ0n) is 19.9. The van der Waals surface area contributed by atoms with E-state index in [9.17, 15) is 14.4 Å². The summed E-state index contributed by atoms with van der Waals surface area (Å²) in [6.07, 6.45) is 12.4. The van der Waals surface area contributed by atoms with Crippen molar-refractivity contribution >= 4 is 34.9 Å². The summed E-state index contributed by atoms with van der Waals surface area (Å²) in [5.41, 5.74) is 6.43. The van der Waals surface area contributed by atoms with Gasteiger partial charge < -0.3 is 26.0 Å². The van der Waals surface area contributed by atoms with E-state index in [1.165, 1.54) is 17.7 Å². The number of hydrogen-bond donors (Lipinski definition) is 3. The molecule has 1 aliphatic heterocycles. The van der Waals surface area contributed by atoms with Crippen molar-refractivity contribution in [1.29, 1.82) is 0 Å². The fraction of sp³-hybridized carbons (Fsp3) is 0.750. The van der Waals surface area contributed by atoms with E-state index in [-0.39, 0.29) is 58.7 Å². The summed E-state index contributed by atoms with van der Waals surface area (Å²) in [5, 5.41) is 6.09. The highest BCUT2D eigenvalue weighted by atomic mass is 32.1. The third-order valence-corrected chi connectivity index (χ3v) is 7.97. The Hall–Kier alpha value is -2.20. The molecular weight excluding hydrogens is 454 g/mol. The SMILES string of the molecule is Nc1c(C(=O)NC2CCCCC2)nsc1C(=O)N(CC(=O)NC1CCCCC1)CC1CCCO1. The highest BCUT2D eigenvalue weighted by molar-refractivity contribution is 7.09. The predicted octanol–water partition coefficient (Wildman–Crippen LogP) is 2.86. The van der Waals surface area contributed by atoms with Crippen LogP contribution in [-0.4, -0.2) is 64.9 Å². The minimum absolute atomic E-state index is 0.0594. The Morgan fingerprint density at radius 1 is 0.941 bits per heavy atom. The zero-order valence-corrected chi connectivity index (χ0v) is 20.7. The first kappa shape index (κ1) is 24.9. The lowest BCUT2D eigenvalue weighted by molar-refractivity contribution is -0.123. The number of nitrogen functional groups attached to an aromatic ring is 1. The van der Waals surface area contributed by atoms with E-state index in [4.69, 9.17) is 10.5 Å². The molecule has 1 unspecified atom stereocenters. The number of nitrogens with one attached hydrogen (secondary N) is 2. The van der Waals surface area contributed by atoms with E-state index in [0.717, 1.165) is 75.7 Å². The maximum Gasteiger partial charge on any atom is 0.273 e. The van der Waals surface area contributed by atoms with Crippen LogP contribution < -0.4 is 16.4 Å². The van der Waals surface area contributed by atoms with Crippen molar-refractivity contribution in [3.8, 4) is 0 Å². The van der Waals surface area contributed by atoms with E-state index in [1.54, 1.807) is 0 Å². The molecule has 188 valence electrons. The van der Waals surface area contributed by atoms with E-state index >= 15 is 0 Å². The molecular formula is C24H37N5O4S. The molecule has 3 aliphatic rings. The zero-order chi connectivity index (χ0) is 23.9. The maximum absolute atomic E-state index is 13.5. The Labute approximate surface area is 205 Å². The molecule has 4 N–H and O–H groups in total. The number of rotatable bonds is 8. The summed E-state index contributed by atoms with van der Waals surface area (Å²) in [5.74, 6) is -0.877. The highest BCUT2D eigenvalue weighted by Crippen LogP contribution is 2.26. The topological polar surface area (TPSA) is 127 Å². The Balaban J connectivity index is 1.43. The molecule has 1 saturated heterocycles. The van der Waals surface area contributed by atoms with Crippen LogP contribution in [0.2, 0.25) is 0 Å². The van der Waals surface area contributed by atoms with Gasteiger partial charge in [0.2, 0.25) is 5.91 Å². The van der Waals surface area contributed by atoms with Gasteiger partial charge >= 0.3 is 0 Å². The maximum atomic E-state index is 13.5.